The van der Waals surface area contributed by atoms with Gasteiger partial charge in [0.1, 0.15) is 5.75 Å². The van der Waals surface area contributed by atoms with Crippen LogP contribution in [-0.2, 0) is 22.6 Å². The molecule has 3 fully saturated rings. The van der Waals surface area contributed by atoms with Crippen molar-refractivity contribution in [3.8, 4) is 5.75 Å². The van der Waals surface area contributed by atoms with E-state index in [0.717, 1.165) is 50.4 Å². The minimum Gasteiger partial charge on any atom is -0.496 e. The van der Waals surface area contributed by atoms with Gasteiger partial charge in [-0.3, -0.25) is 14.4 Å². The molecule has 0 N–H and O–H groups in total. The van der Waals surface area contributed by atoms with E-state index in [2.05, 4.69) is 22.1 Å². The zero-order valence-corrected chi connectivity index (χ0v) is 16.2. The number of rotatable bonds is 5. The van der Waals surface area contributed by atoms with E-state index < -0.39 is 0 Å². The van der Waals surface area contributed by atoms with Crippen molar-refractivity contribution in [2.45, 2.75) is 44.1 Å². The van der Waals surface area contributed by atoms with Gasteiger partial charge in [-0.2, -0.15) is 5.10 Å². The molecule has 2 atom stereocenters. The Morgan fingerprint density at radius 2 is 2.25 bits per heavy atom. The lowest BCUT2D eigenvalue weighted by atomic mass is 10.0. The van der Waals surface area contributed by atoms with Crippen molar-refractivity contribution in [2.24, 2.45) is 0 Å². The zero-order valence-electron chi connectivity index (χ0n) is 16.2. The Morgan fingerprint density at radius 1 is 1.32 bits per heavy atom. The molecule has 1 aromatic heterocycles. The van der Waals surface area contributed by atoms with E-state index in [1.807, 2.05) is 27.9 Å². The molecule has 28 heavy (non-hydrogen) atoms. The molecule has 0 radical (unpaired) electrons. The third kappa shape index (κ3) is 2.81. The number of amides is 1. The highest BCUT2D eigenvalue weighted by molar-refractivity contribution is 5.81. The first kappa shape index (κ1) is 17.7. The largest absolute Gasteiger partial charge is 0.496 e. The molecule has 1 amide bonds. The molecule has 3 aliphatic rings. The lowest BCUT2D eigenvalue weighted by molar-refractivity contribution is -0.180. The molecule has 3 saturated heterocycles. The summed E-state index contributed by atoms with van der Waals surface area (Å²) in [6, 6.07) is 8.42. The average molecular weight is 382 g/mol. The van der Waals surface area contributed by atoms with E-state index in [9.17, 15) is 4.79 Å². The SMILES string of the molecule is COc1ccc(CN2CC[C@@]34OCCCN3C(=O)C[C@@H]24)cc1Cn1cccn1. The normalized spacial score (nSPS) is 27.1. The molecule has 2 aromatic rings. The highest BCUT2D eigenvalue weighted by atomic mass is 16.5. The third-order valence-corrected chi connectivity index (χ3v) is 6.34. The Bertz CT molecular complexity index is 869. The minimum absolute atomic E-state index is 0.150. The van der Waals surface area contributed by atoms with Crippen molar-refractivity contribution in [1.82, 2.24) is 19.6 Å². The topological polar surface area (TPSA) is 59.8 Å². The van der Waals surface area contributed by atoms with E-state index in [1.54, 1.807) is 13.3 Å². The molecule has 1 spiro atoms. The lowest BCUT2D eigenvalue weighted by Crippen LogP contribution is -2.56. The van der Waals surface area contributed by atoms with Crippen molar-refractivity contribution in [3.63, 3.8) is 0 Å². The van der Waals surface area contributed by atoms with E-state index >= 15 is 0 Å². The summed E-state index contributed by atoms with van der Waals surface area (Å²) in [6.45, 7) is 4.03. The third-order valence-electron chi connectivity index (χ3n) is 6.34. The van der Waals surface area contributed by atoms with Gasteiger partial charge in [0.25, 0.3) is 0 Å². The standard InChI is InChI=1S/C21H26N4O3/c1-27-18-5-4-16(12-17(18)15-24-8-2-7-22-24)14-23-10-6-21-19(23)13-20(26)25(21)9-3-11-28-21/h2,4-5,7-8,12,19H,3,6,9-11,13-15H2,1H3/t19-,21+/m1/s1. The molecule has 0 bridgehead atoms. The molecule has 0 saturated carbocycles. The number of aromatic nitrogens is 2. The van der Waals surface area contributed by atoms with Crippen LogP contribution in [0.2, 0.25) is 0 Å². The van der Waals surface area contributed by atoms with Gasteiger partial charge in [0.15, 0.2) is 5.72 Å². The Balaban J connectivity index is 1.37. The molecular weight excluding hydrogens is 356 g/mol. The molecule has 7 heteroatoms. The van der Waals surface area contributed by atoms with Crippen LogP contribution in [0.25, 0.3) is 0 Å². The van der Waals surface area contributed by atoms with Crippen molar-refractivity contribution >= 4 is 5.91 Å². The monoisotopic (exact) mass is 382 g/mol. The number of hydrogen-bond donors (Lipinski definition) is 0. The van der Waals surface area contributed by atoms with Crippen LogP contribution in [0.15, 0.2) is 36.7 Å². The Hall–Kier alpha value is -2.38. The molecule has 5 rings (SSSR count). The maximum absolute atomic E-state index is 12.5. The average Bonchev–Trinajstić information content (AvgIpc) is 3.39. The van der Waals surface area contributed by atoms with Crippen molar-refractivity contribution in [3.05, 3.63) is 47.8 Å². The molecule has 1 aromatic carbocycles. The molecular formula is C21H26N4O3. The number of carbonyl (C=O) groups excluding carboxylic acids is 1. The van der Waals surface area contributed by atoms with Gasteiger partial charge in [-0.25, -0.2) is 0 Å². The molecule has 4 heterocycles. The quantitative estimate of drug-likeness (QED) is 0.790. The van der Waals surface area contributed by atoms with Crippen LogP contribution in [0.5, 0.6) is 5.75 Å². The Kier molecular flexibility index (Phi) is 4.36. The molecule has 148 valence electrons. The summed E-state index contributed by atoms with van der Waals surface area (Å²) in [5, 5.41) is 4.31. The molecule has 7 nitrogen and oxygen atoms in total. The van der Waals surface area contributed by atoms with Crippen LogP contribution in [0.1, 0.15) is 30.4 Å². The van der Waals surface area contributed by atoms with E-state index in [0.29, 0.717) is 13.0 Å². The second kappa shape index (κ2) is 6.90. The number of hydrogen-bond acceptors (Lipinski definition) is 5. The second-order valence-corrected chi connectivity index (χ2v) is 7.88. The van der Waals surface area contributed by atoms with Crippen LogP contribution in [-0.4, -0.2) is 64.1 Å². The summed E-state index contributed by atoms with van der Waals surface area (Å²) in [6.07, 6.45) is 6.15. The van der Waals surface area contributed by atoms with E-state index in [4.69, 9.17) is 9.47 Å². The number of carbonyl (C=O) groups is 1. The van der Waals surface area contributed by atoms with Gasteiger partial charge < -0.3 is 14.4 Å². The number of ether oxygens (including phenoxy) is 2. The zero-order chi connectivity index (χ0) is 19.1. The van der Waals surface area contributed by atoms with Crippen LogP contribution < -0.4 is 4.74 Å². The first-order valence-corrected chi connectivity index (χ1v) is 10.0. The van der Waals surface area contributed by atoms with Crippen LogP contribution in [0.4, 0.5) is 0 Å². The fourth-order valence-corrected chi connectivity index (χ4v) is 5.08. The summed E-state index contributed by atoms with van der Waals surface area (Å²) in [5.74, 6) is 1.11. The lowest BCUT2D eigenvalue weighted by Gasteiger charge is -2.42. The maximum atomic E-state index is 12.5. The Labute approximate surface area is 164 Å². The molecule has 0 unspecified atom stereocenters. The summed E-state index contributed by atoms with van der Waals surface area (Å²) >= 11 is 0. The van der Waals surface area contributed by atoms with Crippen molar-refractivity contribution in [2.75, 3.05) is 26.8 Å². The number of likely N-dealkylation sites (tertiary alicyclic amines) is 1. The predicted molar refractivity (Wildman–Crippen MR) is 103 cm³/mol. The van der Waals surface area contributed by atoms with Crippen LogP contribution in [0, 0.1) is 0 Å². The summed E-state index contributed by atoms with van der Waals surface area (Å²) < 4.78 is 13.7. The first-order chi connectivity index (χ1) is 13.7. The minimum atomic E-state index is -0.389. The van der Waals surface area contributed by atoms with Gasteiger partial charge in [0.05, 0.1) is 26.3 Å². The summed E-state index contributed by atoms with van der Waals surface area (Å²) in [7, 11) is 1.70. The smallest absolute Gasteiger partial charge is 0.226 e. The summed E-state index contributed by atoms with van der Waals surface area (Å²) in [4.78, 5) is 16.9. The number of benzene rings is 1. The van der Waals surface area contributed by atoms with E-state index in [1.165, 1.54) is 5.56 Å². The fourth-order valence-electron chi connectivity index (χ4n) is 5.08. The molecule has 0 aliphatic carbocycles. The number of nitrogens with zero attached hydrogens (tertiary/aromatic N) is 4. The van der Waals surface area contributed by atoms with Crippen molar-refractivity contribution in [1.29, 1.82) is 0 Å². The highest BCUT2D eigenvalue weighted by Crippen LogP contribution is 2.45. The van der Waals surface area contributed by atoms with Crippen LogP contribution in [0.3, 0.4) is 0 Å². The predicted octanol–water partition coefficient (Wildman–Crippen LogP) is 1.86. The van der Waals surface area contributed by atoms with Gasteiger partial charge >= 0.3 is 0 Å². The fraction of sp³-hybridized carbons (Fsp3) is 0.524. The van der Waals surface area contributed by atoms with Gasteiger partial charge in [-0.15, -0.1) is 0 Å². The van der Waals surface area contributed by atoms with Gasteiger partial charge in [0.2, 0.25) is 5.91 Å². The van der Waals surface area contributed by atoms with Gasteiger partial charge in [-0.05, 0) is 30.2 Å². The Morgan fingerprint density at radius 3 is 3.07 bits per heavy atom. The first-order valence-electron chi connectivity index (χ1n) is 10.0. The molecule has 3 aliphatic heterocycles. The summed E-state index contributed by atoms with van der Waals surface area (Å²) in [5.41, 5.74) is 1.94. The second-order valence-electron chi connectivity index (χ2n) is 7.88. The van der Waals surface area contributed by atoms with Crippen LogP contribution >= 0.6 is 0 Å². The van der Waals surface area contributed by atoms with Crippen molar-refractivity contribution < 1.29 is 14.3 Å². The van der Waals surface area contributed by atoms with E-state index in [-0.39, 0.29) is 17.7 Å². The highest BCUT2D eigenvalue weighted by Gasteiger charge is 2.60. The number of methoxy groups -OCH3 is 1. The van der Waals surface area contributed by atoms with Gasteiger partial charge in [0, 0.05) is 50.4 Å². The maximum Gasteiger partial charge on any atom is 0.226 e. The van der Waals surface area contributed by atoms with Gasteiger partial charge in [-0.1, -0.05) is 6.07 Å².